The molecule has 0 saturated carbocycles. The number of benzene rings is 1. The number of imide groups is 1. The molecule has 1 aromatic rings. The largest absolute Gasteiger partial charge is 0.374 e. The van der Waals surface area contributed by atoms with E-state index in [2.05, 4.69) is 10.6 Å². The van der Waals surface area contributed by atoms with E-state index in [1.807, 2.05) is 45.0 Å². The maximum absolute atomic E-state index is 11.5. The van der Waals surface area contributed by atoms with Gasteiger partial charge in [-0.3, -0.25) is 14.9 Å². The molecule has 1 aromatic carbocycles. The summed E-state index contributed by atoms with van der Waals surface area (Å²) in [5, 5.41) is 5.45. The number of carbonyl (C=O) groups excluding carboxylic acids is 2. The monoisotopic (exact) mass is 248 g/mol. The van der Waals surface area contributed by atoms with Crippen molar-refractivity contribution in [3.8, 4) is 0 Å². The minimum atomic E-state index is -0.306. The van der Waals surface area contributed by atoms with Gasteiger partial charge in [0.25, 0.3) is 0 Å². The zero-order valence-electron chi connectivity index (χ0n) is 11.1. The van der Waals surface area contributed by atoms with E-state index >= 15 is 0 Å². The van der Waals surface area contributed by atoms with Crippen molar-refractivity contribution in [3.05, 3.63) is 29.8 Å². The van der Waals surface area contributed by atoms with Gasteiger partial charge in [0.15, 0.2) is 0 Å². The quantitative estimate of drug-likeness (QED) is 0.789. The normalized spacial score (nSPS) is 18.5. The summed E-state index contributed by atoms with van der Waals surface area (Å²) in [6, 6.07) is 7.51. The number of anilines is 1. The summed E-state index contributed by atoms with van der Waals surface area (Å²) >= 11 is 0. The van der Waals surface area contributed by atoms with Gasteiger partial charge in [-0.1, -0.05) is 26.0 Å². The summed E-state index contributed by atoms with van der Waals surface area (Å²) < 4.78 is 0. The van der Waals surface area contributed by atoms with Gasteiger partial charge in [0, 0.05) is 12.1 Å². The zero-order chi connectivity index (χ0) is 13.5. The van der Waals surface area contributed by atoms with Gasteiger partial charge in [-0.25, -0.2) is 0 Å². The summed E-state index contributed by atoms with van der Waals surface area (Å²) in [6.07, 6.45) is 0.952. The van der Waals surface area contributed by atoms with Crippen molar-refractivity contribution in [1.82, 2.24) is 5.32 Å². The molecule has 2 rings (SSSR count). The number of piperidine rings is 1. The maximum Gasteiger partial charge on any atom is 0.249 e. The molecular formula is C14H20N2O2. The highest BCUT2D eigenvalue weighted by atomic mass is 16.2. The van der Waals surface area contributed by atoms with Gasteiger partial charge in [-0.15, -0.1) is 0 Å². The lowest BCUT2D eigenvalue weighted by Gasteiger charge is -2.22. The van der Waals surface area contributed by atoms with Gasteiger partial charge in [-0.05, 0) is 31.0 Å². The molecule has 1 heterocycles. The Balaban J connectivity index is 0.000000771. The predicted octanol–water partition coefficient (Wildman–Crippen LogP) is 2.24. The molecule has 1 unspecified atom stereocenters. The molecule has 4 heteroatoms. The first-order valence-corrected chi connectivity index (χ1v) is 6.32. The van der Waals surface area contributed by atoms with Crippen molar-refractivity contribution in [2.45, 2.75) is 39.7 Å². The van der Waals surface area contributed by atoms with E-state index in [0.29, 0.717) is 12.8 Å². The molecule has 0 radical (unpaired) electrons. The van der Waals surface area contributed by atoms with Gasteiger partial charge >= 0.3 is 0 Å². The lowest BCUT2D eigenvalue weighted by molar-refractivity contribution is -0.133. The number of hydrogen-bond donors (Lipinski definition) is 2. The Morgan fingerprint density at radius 3 is 2.61 bits per heavy atom. The predicted molar refractivity (Wildman–Crippen MR) is 72.3 cm³/mol. The molecule has 0 aliphatic carbocycles. The Hall–Kier alpha value is -1.84. The second-order valence-electron chi connectivity index (χ2n) is 4.02. The van der Waals surface area contributed by atoms with E-state index in [1.165, 1.54) is 0 Å². The third-order valence-electron chi connectivity index (χ3n) is 2.60. The smallest absolute Gasteiger partial charge is 0.249 e. The SMILES string of the molecule is CC.Cc1cccc(NC2CCC(=O)NC2=O)c1. The number of nitrogens with one attached hydrogen (secondary N) is 2. The van der Waals surface area contributed by atoms with Crippen LogP contribution in [0.3, 0.4) is 0 Å². The second kappa shape index (κ2) is 6.79. The molecule has 4 nitrogen and oxygen atoms in total. The van der Waals surface area contributed by atoms with Crippen LogP contribution in [0.2, 0.25) is 0 Å². The average Bonchev–Trinajstić information content (AvgIpc) is 2.35. The molecule has 0 bridgehead atoms. The third-order valence-corrected chi connectivity index (χ3v) is 2.60. The average molecular weight is 248 g/mol. The Kier molecular flexibility index (Phi) is 5.36. The van der Waals surface area contributed by atoms with Gasteiger partial charge < -0.3 is 5.32 Å². The number of rotatable bonds is 2. The Morgan fingerprint density at radius 1 is 1.28 bits per heavy atom. The van der Waals surface area contributed by atoms with Crippen LogP contribution in [0.5, 0.6) is 0 Å². The van der Waals surface area contributed by atoms with Crippen LogP contribution in [-0.2, 0) is 9.59 Å². The molecular weight excluding hydrogens is 228 g/mol. The molecule has 2 amide bonds. The molecule has 98 valence electrons. The van der Waals surface area contributed by atoms with Crippen molar-refractivity contribution in [1.29, 1.82) is 0 Å². The van der Waals surface area contributed by atoms with Crippen LogP contribution >= 0.6 is 0 Å². The summed E-state index contributed by atoms with van der Waals surface area (Å²) in [7, 11) is 0. The van der Waals surface area contributed by atoms with Crippen LogP contribution in [0.25, 0.3) is 0 Å². The molecule has 1 saturated heterocycles. The van der Waals surface area contributed by atoms with E-state index in [4.69, 9.17) is 0 Å². The highest BCUT2D eigenvalue weighted by molar-refractivity contribution is 6.01. The standard InChI is InChI=1S/C12H14N2O2.C2H6/c1-8-3-2-4-9(7-8)13-10-5-6-11(15)14-12(10)16;1-2/h2-4,7,10,13H,5-6H2,1H3,(H,14,15,16);1-2H3. The first-order valence-electron chi connectivity index (χ1n) is 6.32. The van der Waals surface area contributed by atoms with Crippen LogP contribution in [0.15, 0.2) is 24.3 Å². The van der Waals surface area contributed by atoms with E-state index in [-0.39, 0.29) is 17.9 Å². The molecule has 2 N–H and O–H groups in total. The van der Waals surface area contributed by atoms with E-state index in [1.54, 1.807) is 0 Å². The van der Waals surface area contributed by atoms with E-state index in [9.17, 15) is 9.59 Å². The van der Waals surface area contributed by atoms with Crippen LogP contribution in [0, 0.1) is 6.92 Å². The van der Waals surface area contributed by atoms with Crippen LogP contribution in [0.1, 0.15) is 32.3 Å². The zero-order valence-corrected chi connectivity index (χ0v) is 11.1. The fraction of sp³-hybridized carbons (Fsp3) is 0.429. The van der Waals surface area contributed by atoms with Gasteiger partial charge in [0.05, 0.1) is 0 Å². The summed E-state index contributed by atoms with van der Waals surface area (Å²) in [5.74, 6) is -0.426. The maximum atomic E-state index is 11.5. The van der Waals surface area contributed by atoms with E-state index in [0.717, 1.165) is 11.3 Å². The summed E-state index contributed by atoms with van der Waals surface area (Å²) in [5.41, 5.74) is 2.05. The Labute approximate surface area is 108 Å². The third kappa shape index (κ3) is 3.87. The summed E-state index contributed by atoms with van der Waals surface area (Å²) in [6.45, 7) is 6.00. The van der Waals surface area contributed by atoms with Crippen molar-refractivity contribution in [3.63, 3.8) is 0 Å². The highest BCUT2D eigenvalue weighted by Crippen LogP contribution is 2.14. The second-order valence-corrected chi connectivity index (χ2v) is 4.02. The lowest BCUT2D eigenvalue weighted by atomic mass is 10.1. The van der Waals surface area contributed by atoms with Gasteiger partial charge in [0.2, 0.25) is 11.8 Å². The van der Waals surface area contributed by atoms with Crippen molar-refractivity contribution < 1.29 is 9.59 Å². The Bertz CT molecular complexity index is 430. The number of amides is 2. The molecule has 0 spiro atoms. The van der Waals surface area contributed by atoms with Gasteiger partial charge in [0.1, 0.15) is 6.04 Å². The number of aryl methyl sites for hydroxylation is 1. The number of carbonyl (C=O) groups is 2. The van der Waals surface area contributed by atoms with Crippen LogP contribution < -0.4 is 10.6 Å². The fourth-order valence-corrected chi connectivity index (χ4v) is 1.77. The minimum absolute atomic E-state index is 0.188. The van der Waals surface area contributed by atoms with E-state index < -0.39 is 0 Å². The van der Waals surface area contributed by atoms with Crippen LogP contribution in [0.4, 0.5) is 5.69 Å². The molecule has 1 atom stereocenters. The van der Waals surface area contributed by atoms with Crippen molar-refractivity contribution >= 4 is 17.5 Å². The van der Waals surface area contributed by atoms with Crippen molar-refractivity contribution in [2.24, 2.45) is 0 Å². The molecule has 1 aliphatic heterocycles. The summed E-state index contributed by atoms with van der Waals surface area (Å²) in [4.78, 5) is 22.5. The Morgan fingerprint density at radius 2 is 2.00 bits per heavy atom. The molecule has 18 heavy (non-hydrogen) atoms. The highest BCUT2D eigenvalue weighted by Gasteiger charge is 2.26. The topological polar surface area (TPSA) is 58.2 Å². The molecule has 0 aromatic heterocycles. The first-order chi connectivity index (χ1) is 8.65. The lowest BCUT2D eigenvalue weighted by Crippen LogP contribution is -2.47. The number of hydrogen-bond acceptors (Lipinski definition) is 3. The minimum Gasteiger partial charge on any atom is -0.374 e. The molecule has 1 fully saturated rings. The van der Waals surface area contributed by atoms with Gasteiger partial charge in [-0.2, -0.15) is 0 Å². The van der Waals surface area contributed by atoms with Crippen LogP contribution in [-0.4, -0.2) is 17.9 Å². The molecule has 1 aliphatic rings. The fourth-order valence-electron chi connectivity index (χ4n) is 1.77. The van der Waals surface area contributed by atoms with Crippen molar-refractivity contribution in [2.75, 3.05) is 5.32 Å². The first kappa shape index (κ1) is 14.2.